The number of unbranched alkanes of at least 4 members (excludes halogenated alkanes) is 1. The summed E-state index contributed by atoms with van der Waals surface area (Å²) in [7, 11) is 13.3. The fraction of sp³-hybridized carbons (Fsp3) is 0.392. The Hall–Kier alpha value is -6.47. The Morgan fingerprint density at radius 2 is 0.688 bits per heavy atom. The van der Waals surface area contributed by atoms with Crippen LogP contribution in [0, 0.1) is 0 Å². The minimum Gasteiger partial charge on any atom is -0.496 e. The monoisotopic (exact) mass is 878 g/mol. The fourth-order valence-electron chi connectivity index (χ4n) is 8.15. The second-order valence-electron chi connectivity index (χ2n) is 15.5. The van der Waals surface area contributed by atoms with Crippen molar-refractivity contribution in [1.82, 2.24) is 5.32 Å². The summed E-state index contributed by atoms with van der Waals surface area (Å²) in [6.45, 7) is 3.06. The number of ether oxygens (including phenoxy) is 10. The highest BCUT2D eigenvalue weighted by Gasteiger charge is 2.24. The van der Waals surface area contributed by atoms with E-state index < -0.39 is 0 Å². The number of nitrogens with one attached hydrogen (secondary N) is 1. The number of carbonyl (C=O) groups excluding carboxylic acids is 1. The van der Waals surface area contributed by atoms with E-state index >= 15 is 0 Å². The third kappa shape index (κ3) is 10.8. The molecule has 0 unspecified atom stereocenters. The minimum absolute atomic E-state index is 0.215. The smallest absolute Gasteiger partial charge is 0.257 e. The Morgan fingerprint density at radius 1 is 0.438 bits per heavy atom. The number of rotatable bonds is 17. The molecule has 10 aliphatic rings. The van der Waals surface area contributed by atoms with Crippen molar-refractivity contribution < 1.29 is 52.2 Å². The van der Waals surface area contributed by atoms with Crippen molar-refractivity contribution in [2.75, 3.05) is 83.2 Å². The van der Waals surface area contributed by atoms with Gasteiger partial charge in [-0.15, -0.1) is 0 Å². The number of nitrogens with two attached hydrogens (primary N) is 1. The van der Waals surface area contributed by atoms with Crippen LogP contribution in [0.3, 0.4) is 0 Å². The van der Waals surface area contributed by atoms with Gasteiger partial charge in [-0.1, -0.05) is 13.3 Å². The highest BCUT2D eigenvalue weighted by molar-refractivity contribution is 5.77. The number of benzene rings is 5. The largest absolute Gasteiger partial charge is 0.496 e. The number of carbonyl (C=O) groups is 1. The maximum atomic E-state index is 12.9. The van der Waals surface area contributed by atoms with Crippen molar-refractivity contribution >= 4 is 5.91 Å². The van der Waals surface area contributed by atoms with Crippen LogP contribution in [0.4, 0.5) is 0 Å². The molecule has 0 radical (unpaired) electrons. The average Bonchev–Trinajstić information content (AvgIpc) is 3.31. The normalized spacial score (nSPS) is 12.0. The summed E-state index contributed by atoms with van der Waals surface area (Å²) in [4.78, 5) is 12.9. The topological polar surface area (TPSA) is 147 Å². The molecule has 342 valence electrons. The van der Waals surface area contributed by atoms with Gasteiger partial charge in [0.1, 0.15) is 57.5 Å². The molecule has 13 nitrogen and oxygen atoms in total. The van der Waals surface area contributed by atoms with E-state index in [4.69, 9.17) is 53.1 Å². The summed E-state index contributed by atoms with van der Waals surface area (Å²) in [6.07, 6.45) is 3.98. The third-order valence-electron chi connectivity index (χ3n) is 11.5. The van der Waals surface area contributed by atoms with Crippen LogP contribution in [0.15, 0.2) is 60.7 Å². The molecule has 0 aromatic heterocycles. The van der Waals surface area contributed by atoms with Crippen LogP contribution in [0.25, 0.3) is 0 Å². The Morgan fingerprint density at radius 3 is 0.938 bits per heavy atom. The first-order valence-corrected chi connectivity index (χ1v) is 21.5. The molecule has 15 rings (SSSR count). The zero-order chi connectivity index (χ0) is 45.8. The Balaban J connectivity index is 1.61. The van der Waals surface area contributed by atoms with Gasteiger partial charge in [0.15, 0.2) is 6.61 Å². The van der Waals surface area contributed by atoms with Gasteiger partial charge in [0.2, 0.25) is 0 Å². The summed E-state index contributed by atoms with van der Waals surface area (Å²) in [6, 6.07) is 20.0. The predicted molar refractivity (Wildman–Crippen MR) is 247 cm³/mol. The highest BCUT2D eigenvalue weighted by atomic mass is 16.5. The second-order valence-corrected chi connectivity index (χ2v) is 15.5. The van der Waals surface area contributed by atoms with E-state index in [1.54, 1.807) is 56.9 Å². The highest BCUT2D eigenvalue weighted by Crippen LogP contribution is 2.42. The maximum Gasteiger partial charge on any atom is 0.257 e. The van der Waals surface area contributed by atoms with Gasteiger partial charge in [-0.3, -0.25) is 4.79 Å². The predicted octanol–water partition coefficient (Wildman–Crippen LogP) is 7.66. The van der Waals surface area contributed by atoms with Crippen LogP contribution in [0.5, 0.6) is 57.5 Å². The van der Waals surface area contributed by atoms with E-state index in [1.807, 2.05) is 60.7 Å². The van der Waals surface area contributed by atoms with Gasteiger partial charge in [-0.25, -0.2) is 0 Å². The summed E-state index contributed by atoms with van der Waals surface area (Å²) in [5.41, 5.74) is 14.4. The zero-order valence-electron chi connectivity index (χ0n) is 38.6. The average molecular weight is 879 g/mol. The van der Waals surface area contributed by atoms with E-state index in [1.165, 1.54) is 0 Å². The van der Waals surface area contributed by atoms with Crippen molar-refractivity contribution in [3.8, 4) is 57.5 Å². The number of methoxy groups -OCH3 is 8. The number of hydrogen-bond donors (Lipinski definition) is 2. The van der Waals surface area contributed by atoms with E-state index in [9.17, 15) is 4.79 Å². The lowest BCUT2D eigenvalue weighted by Crippen LogP contribution is -2.33. The molecule has 5 aromatic carbocycles. The molecular formula is C51H62N2O11. The SMILES string of the molecule is CCCCOc1cc2c(OCC(=O)NCCN)cc1Cc1cc(OC)c(cc1OC)Cc1cc(OC)c(cc1OC)Cc1cc(OC)c(cc1OC)Cc1cc(OC)c(cc1OC)C2. The first-order valence-electron chi connectivity index (χ1n) is 21.5. The maximum absolute atomic E-state index is 12.9. The molecule has 10 bridgehead atoms. The molecule has 0 aliphatic heterocycles. The molecular weight excluding hydrogens is 817 g/mol. The lowest BCUT2D eigenvalue weighted by molar-refractivity contribution is -0.123. The van der Waals surface area contributed by atoms with Crippen LogP contribution in [0.2, 0.25) is 0 Å². The molecule has 0 heterocycles. The number of hydrogen-bond acceptors (Lipinski definition) is 12. The van der Waals surface area contributed by atoms with E-state index in [-0.39, 0.29) is 12.5 Å². The first kappa shape index (κ1) is 47.0. The van der Waals surface area contributed by atoms with Gasteiger partial charge >= 0.3 is 0 Å². The van der Waals surface area contributed by atoms with Crippen LogP contribution in [0.1, 0.15) is 75.4 Å². The summed E-state index contributed by atoms with van der Waals surface area (Å²) < 4.78 is 61.3. The summed E-state index contributed by atoms with van der Waals surface area (Å²) in [5, 5.41) is 2.80. The van der Waals surface area contributed by atoms with Crippen LogP contribution in [-0.2, 0) is 36.9 Å². The zero-order valence-corrected chi connectivity index (χ0v) is 38.6. The van der Waals surface area contributed by atoms with Crippen LogP contribution < -0.4 is 58.4 Å². The van der Waals surface area contributed by atoms with E-state index in [0.29, 0.717) is 109 Å². The van der Waals surface area contributed by atoms with E-state index in [2.05, 4.69) is 12.2 Å². The quantitative estimate of drug-likeness (QED) is 0.0868. The van der Waals surface area contributed by atoms with Gasteiger partial charge in [-0.05, 0) is 67.1 Å². The molecule has 0 spiro atoms. The number of amides is 1. The molecule has 64 heavy (non-hydrogen) atoms. The first-order chi connectivity index (χ1) is 31.1. The Kier molecular flexibility index (Phi) is 16.3. The van der Waals surface area contributed by atoms with Gasteiger partial charge in [0, 0.05) is 101 Å². The minimum atomic E-state index is -0.286. The molecule has 0 saturated carbocycles. The van der Waals surface area contributed by atoms with Crippen molar-refractivity contribution in [2.24, 2.45) is 5.73 Å². The standard InChI is InChI=1S/C51H62N2O11/c1-10-11-14-63-49-28-40-19-38-27-46(60-7)36(25-48(38)62-9)17-34-23-42(56-3)32(21-44(34)58-5)15-31-20-43(57-4)33(22-41(31)55-2)16-35-24-47(61-8)37(26-45(35)59-6)18-39(49)29-50(40)64-30-51(54)53-13-12-52/h20-29H,10-19,30,52H2,1-9H3,(H,53,54). The van der Waals surface area contributed by atoms with Crippen LogP contribution >= 0.6 is 0 Å². The van der Waals surface area contributed by atoms with Crippen molar-refractivity contribution in [3.63, 3.8) is 0 Å². The molecule has 1 amide bonds. The summed E-state index contributed by atoms with van der Waals surface area (Å²) >= 11 is 0. The molecule has 3 N–H and O–H groups in total. The molecule has 0 atom stereocenters. The Bertz CT molecular complexity index is 2410. The van der Waals surface area contributed by atoms with Gasteiger partial charge in [0.05, 0.1) is 63.5 Å². The molecule has 10 aliphatic carbocycles. The molecule has 5 aromatic rings. The second kappa shape index (κ2) is 22.2. The lowest BCUT2D eigenvalue weighted by atomic mass is 9.94. The van der Waals surface area contributed by atoms with E-state index in [0.717, 1.165) is 68.5 Å². The summed E-state index contributed by atoms with van der Waals surface area (Å²) in [5.74, 6) is 6.32. The molecule has 0 saturated heterocycles. The molecule has 0 fully saturated rings. The van der Waals surface area contributed by atoms with Gasteiger partial charge < -0.3 is 58.4 Å². The lowest BCUT2D eigenvalue weighted by Gasteiger charge is -2.21. The van der Waals surface area contributed by atoms with Gasteiger partial charge in [-0.2, -0.15) is 0 Å². The Labute approximate surface area is 377 Å². The van der Waals surface area contributed by atoms with Crippen molar-refractivity contribution in [3.05, 3.63) is 116 Å². The van der Waals surface area contributed by atoms with Gasteiger partial charge in [0.25, 0.3) is 5.91 Å². The van der Waals surface area contributed by atoms with Crippen molar-refractivity contribution in [1.29, 1.82) is 0 Å². The van der Waals surface area contributed by atoms with Crippen molar-refractivity contribution in [2.45, 2.75) is 51.9 Å². The van der Waals surface area contributed by atoms with Crippen LogP contribution in [-0.4, -0.2) is 89.1 Å². The molecule has 13 heteroatoms. The fourth-order valence-corrected chi connectivity index (χ4v) is 8.15. The third-order valence-corrected chi connectivity index (χ3v) is 11.5.